The van der Waals surface area contributed by atoms with Crippen molar-refractivity contribution in [2.45, 2.75) is 71.4 Å². The molecule has 0 amide bonds. The molecule has 0 bridgehead atoms. The maximum atomic E-state index is 4.00. The highest BCUT2D eigenvalue weighted by atomic mass is 15.0. The highest BCUT2D eigenvalue weighted by molar-refractivity contribution is 5.37. The fraction of sp³-hybridized carbons (Fsp3) is 0.684. The summed E-state index contributed by atoms with van der Waals surface area (Å²) in [6.07, 6.45) is 8.35. The Morgan fingerprint density at radius 3 is 2.55 bits per heavy atom. The van der Waals surface area contributed by atoms with Crippen molar-refractivity contribution in [2.75, 3.05) is 0 Å². The maximum absolute atomic E-state index is 4.00. The number of rotatable bonds is 3. The Morgan fingerprint density at radius 2 is 1.80 bits per heavy atom. The van der Waals surface area contributed by atoms with Crippen LogP contribution in [0, 0.1) is 11.3 Å². The van der Waals surface area contributed by atoms with E-state index in [9.17, 15) is 0 Å². The van der Waals surface area contributed by atoms with Gasteiger partial charge in [-0.2, -0.15) is 0 Å². The summed E-state index contributed by atoms with van der Waals surface area (Å²) in [5.41, 5.74) is 3.43. The quantitative estimate of drug-likeness (QED) is 0.827. The van der Waals surface area contributed by atoms with Gasteiger partial charge >= 0.3 is 0 Å². The Hall–Kier alpha value is -0.820. The Bertz CT molecular complexity index is 457. The zero-order valence-corrected chi connectivity index (χ0v) is 13.3. The Kier molecular flexibility index (Phi) is 3.90. The third-order valence-electron chi connectivity index (χ3n) is 5.58. The van der Waals surface area contributed by atoms with Gasteiger partial charge in [0, 0.05) is 12.1 Å². The van der Waals surface area contributed by atoms with Crippen LogP contribution in [0.15, 0.2) is 24.3 Å². The van der Waals surface area contributed by atoms with Gasteiger partial charge in [-0.25, -0.2) is 0 Å². The van der Waals surface area contributed by atoms with Gasteiger partial charge in [0.1, 0.15) is 0 Å². The van der Waals surface area contributed by atoms with E-state index in [1.54, 1.807) is 11.1 Å². The zero-order valence-electron chi connectivity index (χ0n) is 13.3. The van der Waals surface area contributed by atoms with Crippen LogP contribution in [0.25, 0.3) is 0 Å². The Morgan fingerprint density at radius 1 is 1.10 bits per heavy atom. The highest BCUT2D eigenvalue weighted by Gasteiger charge is 2.39. The second kappa shape index (κ2) is 5.52. The number of fused-ring (bicyclic) bond motifs is 1. The van der Waals surface area contributed by atoms with Crippen LogP contribution in [0.2, 0.25) is 0 Å². The molecule has 2 aliphatic rings. The topological polar surface area (TPSA) is 12.0 Å². The summed E-state index contributed by atoms with van der Waals surface area (Å²) in [6.45, 7) is 7.24. The van der Waals surface area contributed by atoms with Crippen LogP contribution in [0.4, 0.5) is 0 Å². The second-order valence-corrected chi connectivity index (χ2v) is 7.65. The number of hydrogen-bond donors (Lipinski definition) is 1. The predicted octanol–water partition coefficient (Wildman–Crippen LogP) is 4.87. The van der Waals surface area contributed by atoms with Crippen LogP contribution in [0.1, 0.15) is 70.0 Å². The molecular formula is C19H29N. The van der Waals surface area contributed by atoms with E-state index >= 15 is 0 Å². The van der Waals surface area contributed by atoms with Gasteiger partial charge in [0.15, 0.2) is 0 Å². The third kappa shape index (κ3) is 2.65. The van der Waals surface area contributed by atoms with Crippen LogP contribution < -0.4 is 5.32 Å². The SMILES string of the molecule is C[C@@H](NC1c2ccccc2CC1(C)C)C1CCCCC1. The third-order valence-corrected chi connectivity index (χ3v) is 5.58. The van der Waals surface area contributed by atoms with Gasteiger partial charge in [-0.15, -0.1) is 0 Å². The molecule has 1 fully saturated rings. The smallest absolute Gasteiger partial charge is 0.0379 e. The van der Waals surface area contributed by atoms with Crippen molar-refractivity contribution in [2.24, 2.45) is 11.3 Å². The maximum Gasteiger partial charge on any atom is 0.0379 e. The second-order valence-electron chi connectivity index (χ2n) is 7.65. The standard InChI is InChI=1S/C19H29N/c1-14(15-9-5-4-6-10-15)20-18-17-12-8-7-11-16(17)13-19(18,2)3/h7-8,11-12,14-15,18,20H,4-6,9-10,13H2,1-3H3/t14-,18?/m1/s1. The van der Waals surface area contributed by atoms with E-state index in [2.05, 4.69) is 50.4 Å². The normalized spacial score (nSPS) is 27.2. The lowest BCUT2D eigenvalue weighted by molar-refractivity contribution is 0.203. The van der Waals surface area contributed by atoms with E-state index in [1.807, 2.05) is 0 Å². The van der Waals surface area contributed by atoms with Gasteiger partial charge in [-0.1, -0.05) is 57.4 Å². The molecule has 0 aliphatic heterocycles. The van der Waals surface area contributed by atoms with Crippen molar-refractivity contribution >= 4 is 0 Å². The molecule has 0 aromatic heterocycles. The van der Waals surface area contributed by atoms with E-state index in [4.69, 9.17) is 0 Å². The number of hydrogen-bond acceptors (Lipinski definition) is 1. The molecule has 0 spiro atoms. The van der Waals surface area contributed by atoms with Gasteiger partial charge < -0.3 is 5.32 Å². The lowest BCUT2D eigenvalue weighted by Crippen LogP contribution is -2.41. The first kappa shape index (κ1) is 14.1. The summed E-state index contributed by atoms with van der Waals surface area (Å²) < 4.78 is 0. The molecule has 2 atom stereocenters. The van der Waals surface area contributed by atoms with Crippen molar-refractivity contribution in [3.8, 4) is 0 Å². The number of nitrogens with one attached hydrogen (secondary N) is 1. The molecule has 1 N–H and O–H groups in total. The van der Waals surface area contributed by atoms with Crippen LogP contribution in [0.3, 0.4) is 0 Å². The number of benzene rings is 1. The molecule has 1 heteroatoms. The molecular weight excluding hydrogens is 242 g/mol. The van der Waals surface area contributed by atoms with Gasteiger partial charge in [0.05, 0.1) is 0 Å². The van der Waals surface area contributed by atoms with Crippen molar-refractivity contribution in [1.29, 1.82) is 0 Å². The van der Waals surface area contributed by atoms with E-state index < -0.39 is 0 Å². The molecule has 2 aliphatic carbocycles. The van der Waals surface area contributed by atoms with Crippen LogP contribution >= 0.6 is 0 Å². The predicted molar refractivity (Wildman–Crippen MR) is 85.8 cm³/mol. The molecule has 1 nitrogen and oxygen atoms in total. The summed E-state index contributed by atoms with van der Waals surface area (Å²) in [4.78, 5) is 0. The van der Waals surface area contributed by atoms with Crippen molar-refractivity contribution in [3.05, 3.63) is 35.4 Å². The van der Waals surface area contributed by atoms with Gasteiger partial charge in [-0.05, 0) is 48.6 Å². The monoisotopic (exact) mass is 271 g/mol. The van der Waals surface area contributed by atoms with E-state index in [-0.39, 0.29) is 0 Å². The fourth-order valence-electron chi connectivity index (χ4n) is 4.34. The van der Waals surface area contributed by atoms with Crippen LogP contribution in [-0.2, 0) is 6.42 Å². The molecule has 0 saturated heterocycles. The van der Waals surface area contributed by atoms with E-state index in [0.717, 1.165) is 5.92 Å². The fourth-order valence-corrected chi connectivity index (χ4v) is 4.34. The summed E-state index contributed by atoms with van der Waals surface area (Å²) in [6, 6.07) is 10.2. The van der Waals surface area contributed by atoms with Crippen LogP contribution in [0.5, 0.6) is 0 Å². The molecule has 0 heterocycles. The zero-order chi connectivity index (χ0) is 14.2. The summed E-state index contributed by atoms with van der Waals surface area (Å²) >= 11 is 0. The molecule has 1 aromatic carbocycles. The minimum atomic E-state index is 0.340. The van der Waals surface area contributed by atoms with Crippen molar-refractivity contribution in [3.63, 3.8) is 0 Å². The average Bonchev–Trinajstić information content (AvgIpc) is 2.70. The summed E-state index contributed by atoms with van der Waals surface area (Å²) in [7, 11) is 0. The first-order valence-electron chi connectivity index (χ1n) is 8.42. The molecule has 1 saturated carbocycles. The van der Waals surface area contributed by atoms with Crippen molar-refractivity contribution < 1.29 is 0 Å². The molecule has 0 radical (unpaired) electrons. The van der Waals surface area contributed by atoms with Crippen LogP contribution in [-0.4, -0.2) is 6.04 Å². The minimum Gasteiger partial charge on any atom is -0.307 e. The van der Waals surface area contributed by atoms with E-state index in [0.29, 0.717) is 17.5 Å². The Balaban J connectivity index is 1.75. The average molecular weight is 271 g/mol. The minimum absolute atomic E-state index is 0.340. The van der Waals surface area contributed by atoms with Gasteiger partial charge in [0.25, 0.3) is 0 Å². The van der Waals surface area contributed by atoms with Gasteiger partial charge in [-0.3, -0.25) is 0 Å². The molecule has 3 rings (SSSR count). The lowest BCUT2D eigenvalue weighted by atomic mass is 9.81. The molecule has 1 unspecified atom stereocenters. The first-order chi connectivity index (χ1) is 9.58. The van der Waals surface area contributed by atoms with Crippen molar-refractivity contribution in [1.82, 2.24) is 5.32 Å². The summed E-state index contributed by atoms with van der Waals surface area (Å²) in [5, 5.41) is 4.00. The lowest BCUT2D eigenvalue weighted by Gasteiger charge is -2.36. The Labute approximate surface area is 124 Å². The largest absolute Gasteiger partial charge is 0.307 e. The molecule has 110 valence electrons. The highest BCUT2D eigenvalue weighted by Crippen LogP contribution is 2.45. The molecule has 1 aromatic rings. The van der Waals surface area contributed by atoms with E-state index in [1.165, 1.54) is 38.5 Å². The first-order valence-corrected chi connectivity index (χ1v) is 8.42. The summed E-state index contributed by atoms with van der Waals surface area (Å²) in [5.74, 6) is 0.882. The van der Waals surface area contributed by atoms with Gasteiger partial charge in [0.2, 0.25) is 0 Å². The molecule has 20 heavy (non-hydrogen) atoms.